The van der Waals surface area contributed by atoms with Gasteiger partial charge in [0.05, 0.1) is 18.7 Å². The van der Waals surface area contributed by atoms with Crippen molar-refractivity contribution in [3.63, 3.8) is 0 Å². The molecule has 2 N–H and O–H groups in total. The van der Waals surface area contributed by atoms with Crippen LogP contribution in [0.2, 0.25) is 0 Å². The number of benzene rings is 2. The van der Waals surface area contributed by atoms with E-state index in [0.29, 0.717) is 23.1 Å². The SMILES string of the molecule is CCOC(=O)Cc1csc(NC(=O)C(Sc2ccc(NS(=O)(=O)c3cccs3)cc2)c2ccccc2)n1. The number of esters is 1. The molecule has 2 aromatic heterocycles. The van der Waals surface area contributed by atoms with Crippen molar-refractivity contribution in [2.45, 2.75) is 27.7 Å². The van der Waals surface area contributed by atoms with Crippen molar-refractivity contribution in [3.05, 3.63) is 88.7 Å². The van der Waals surface area contributed by atoms with E-state index in [1.165, 1.54) is 23.1 Å². The number of anilines is 2. The van der Waals surface area contributed by atoms with Gasteiger partial charge in [0.15, 0.2) is 5.13 Å². The number of hydrogen-bond acceptors (Lipinski definition) is 9. The van der Waals surface area contributed by atoms with Crippen molar-refractivity contribution >= 4 is 67.2 Å². The Hall–Kier alpha value is -3.19. The van der Waals surface area contributed by atoms with Gasteiger partial charge < -0.3 is 10.1 Å². The molecule has 2 heterocycles. The summed E-state index contributed by atoms with van der Waals surface area (Å²) in [7, 11) is -3.64. The zero-order valence-corrected chi connectivity index (χ0v) is 22.9. The topological polar surface area (TPSA) is 114 Å². The van der Waals surface area contributed by atoms with E-state index in [4.69, 9.17) is 4.74 Å². The molecule has 4 rings (SSSR count). The van der Waals surface area contributed by atoms with E-state index < -0.39 is 15.3 Å². The summed E-state index contributed by atoms with van der Waals surface area (Å²) in [4.78, 5) is 30.1. The first kappa shape index (κ1) is 26.9. The van der Waals surface area contributed by atoms with Crippen molar-refractivity contribution in [2.75, 3.05) is 16.6 Å². The van der Waals surface area contributed by atoms with Crippen LogP contribution < -0.4 is 10.0 Å². The normalized spacial score (nSPS) is 12.0. The lowest BCUT2D eigenvalue weighted by Gasteiger charge is -2.16. The lowest BCUT2D eigenvalue weighted by molar-refractivity contribution is -0.142. The molecule has 0 aliphatic carbocycles. The van der Waals surface area contributed by atoms with Crippen LogP contribution in [0.5, 0.6) is 0 Å². The summed E-state index contributed by atoms with van der Waals surface area (Å²) >= 11 is 3.71. The third-order valence-electron chi connectivity index (χ3n) is 4.87. The van der Waals surface area contributed by atoms with Crippen LogP contribution >= 0.6 is 34.4 Å². The molecule has 0 radical (unpaired) electrons. The lowest BCUT2D eigenvalue weighted by atomic mass is 10.1. The molecule has 0 aliphatic heterocycles. The van der Waals surface area contributed by atoms with Gasteiger partial charge in [-0.1, -0.05) is 36.4 Å². The largest absolute Gasteiger partial charge is 0.466 e. The van der Waals surface area contributed by atoms with Crippen LogP contribution in [-0.4, -0.2) is 31.9 Å². The average Bonchev–Trinajstić information content (AvgIpc) is 3.57. The van der Waals surface area contributed by atoms with Gasteiger partial charge in [-0.2, -0.15) is 0 Å². The maximum Gasteiger partial charge on any atom is 0.311 e. The molecule has 4 aromatic rings. The van der Waals surface area contributed by atoms with Crippen molar-refractivity contribution in [1.82, 2.24) is 4.98 Å². The number of nitrogens with one attached hydrogen (secondary N) is 2. The highest BCUT2D eigenvalue weighted by Crippen LogP contribution is 2.37. The Kier molecular flexibility index (Phi) is 8.98. The average molecular weight is 574 g/mol. The fraction of sp³-hybridized carbons (Fsp3) is 0.160. The number of thiophene rings is 1. The Labute approximate surface area is 227 Å². The second kappa shape index (κ2) is 12.4. The number of sulfonamides is 1. The molecule has 0 aliphatic rings. The van der Waals surface area contributed by atoms with E-state index in [0.717, 1.165) is 21.8 Å². The van der Waals surface area contributed by atoms with Crippen molar-refractivity contribution < 1.29 is 22.7 Å². The van der Waals surface area contributed by atoms with E-state index in [2.05, 4.69) is 15.0 Å². The Morgan fingerprint density at radius 3 is 2.46 bits per heavy atom. The Morgan fingerprint density at radius 1 is 1.03 bits per heavy atom. The number of amides is 1. The minimum Gasteiger partial charge on any atom is -0.466 e. The third-order valence-corrected chi connectivity index (χ3v) is 9.73. The van der Waals surface area contributed by atoms with Gasteiger partial charge >= 0.3 is 5.97 Å². The number of rotatable bonds is 11. The zero-order chi connectivity index (χ0) is 26.3. The molecule has 0 fully saturated rings. The summed E-state index contributed by atoms with van der Waals surface area (Å²) < 4.78 is 32.7. The fourth-order valence-corrected chi connectivity index (χ4v) is 7.03. The molecule has 0 saturated heterocycles. The maximum absolute atomic E-state index is 13.3. The lowest BCUT2D eigenvalue weighted by Crippen LogP contribution is -2.19. The van der Waals surface area contributed by atoms with Gasteiger partial charge in [-0.3, -0.25) is 14.3 Å². The number of carbonyl (C=O) groups is 2. The molecule has 37 heavy (non-hydrogen) atoms. The summed E-state index contributed by atoms with van der Waals surface area (Å²) in [6.45, 7) is 2.03. The second-order valence-electron chi connectivity index (χ2n) is 7.59. The standard InChI is InChI=1S/C25H23N3O5S4/c1-2-33-21(29)15-19-16-35-25(26-19)27-24(30)23(17-7-4-3-5-8-17)36-20-12-10-18(11-13-20)28-37(31,32)22-9-6-14-34-22/h3-14,16,23,28H,2,15H2,1H3,(H,26,27,30). The van der Waals surface area contributed by atoms with Gasteiger partial charge in [-0.15, -0.1) is 34.4 Å². The van der Waals surface area contributed by atoms with Crippen LogP contribution in [0.1, 0.15) is 23.4 Å². The quantitative estimate of drug-likeness (QED) is 0.178. The number of thiazole rings is 1. The molecule has 8 nitrogen and oxygen atoms in total. The highest BCUT2D eigenvalue weighted by atomic mass is 32.2. The van der Waals surface area contributed by atoms with Gasteiger partial charge in [0.2, 0.25) is 5.91 Å². The van der Waals surface area contributed by atoms with E-state index in [1.54, 1.807) is 54.1 Å². The first-order chi connectivity index (χ1) is 17.8. The molecule has 0 bridgehead atoms. The minimum absolute atomic E-state index is 0.0413. The van der Waals surface area contributed by atoms with E-state index in [9.17, 15) is 18.0 Å². The molecular formula is C25H23N3O5S4. The van der Waals surface area contributed by atoms with Crippen LogP contribution in [0.3, 0.4) is 0 Å². The summed E-state index contributed by atoms with van der Waals surface area (Å²) in [6.07, 6.45) is 0.0413. The van der Waals surface area contributed by atoms with Crippen molar-refractivity contribution in [2.24, 2.45) is 0 Å². The van der Waals surface area contributed by atoms with Crippen molar-refractivity contribution in [1.29, 1.82) is 0 Å². The van der Waals surface area contributed by atoms with E-state index in [1.807, 2.05) is 30.3 Å². The van der Waals surface area contributed by atoms with Crippen LogP contribution in [0.15, 0.2) is 86.6 Å². The number of hydrogen-bond donors (Lipinski definition) is 2. The molecule has 12 heteroatoms. The molecular weight excluding hydrogens is 551 g/mol. The Balaban J connectivity index is 1.46. The van der Waals surface area contributed by atoms with Crippen LogP contribution in [-0.2, 0) is 30.8 Å². The Morgan fingerprint density at radius 2 is 1.78 bits per heavy atom. The summed E-state index contributed by atoms with van der Waals surface area (Å²) in [5.41, 5.74) is 1.76. The van der Waals surface area contributed by atoms with Crippen LogP contribution in [0, 0.1) is 0 Å². The summed E-state index contributed by atoms with van der Waals surface area (Å²) in [5.74, 6) is -0.639. The minimum atomic E-state index is -3.64. The smallest absolute Gasteiger partial charge is 0.311 e. The number of ether oxygens (including phenoxy) is 1. The van der Waals surface area contributed by atoms with Gasteiger partial charge in [-0.05, 0) is 48.2 Å². The first-order valence-corrected chi connectivity index (χ1v) is 15.2. The van der Waals surface area contributed by atoms with Gasteiger partial charge in [0, 0.05) is 16.0 Å². The molecule has 1 unspecified atom stereocenters. The second-order valence-corrected chi connectivity index (χ2v) is 12.5. The van der Waals surface area contributed by atoms with Gasteiger partial charge in [-0.25, -0.2) is 13.4 Å². The highest BCUT2D eigenvalue weighted by molar-refractivity contribution is 8.00. The molecule has 0 spiro atoms. The number of nitrogens with zero attached hydrogens (tertiary/aromatic N) is 1. The van der Waals surface area contributed by atoms with E-state index in [-0.39, 0.29) is 22.5 Å². The highest BCUT2D eigenvalue weighted by Gasteiger charge is 2.24. The predicted octanol–water partition coefficient (Wildman–Crippen LogP) is 5.58. The number of thioether (sulfide) groups is 1. The summed E-state index contributed by atoms with van der Waals surface area (Å²) in [5, 5.41) is 6.07. The fourth-order valence-electron chi connectivity index (χ4n) is 3.24. The maximum atomic E-state index is 13.3. The molecule has 0 saturated carbocycles. The molecule has 2 aromatic carbocycles. The van der Waals surface area contributed by atoms with Gasteiger partial charge in [0.25, 0.3) is 10.0 Å². The number of aromatic nitrogens is 1. The first-order valence-electron chi connectivity index (χ1n) is 11.1. The third kappa shape index (κ3) is 7.41. The molecule has 1 amide bonds. The van der Waals surface area contributed by atoms with Gasteiger partial charge in [0.1, 0.15) is 9.46 Å². The number of carbonyl (C=O) groups excluding carboxylic acids is 2. The Bertz CT molecular complexity index is 1440. The van der Waals surface area contributed by atoms with Crippen LogP contribution in [0.4, 0.5) is 10.8 Å². The predicted molar refractivity (Wildman–Crippen MR) is 148 cm³/mol. The van der Waals surface area contributed by atoms with Crippen LogP contribution in [0.25, 0.3) is 0 Å². The molecule has 1 atom stereocenters. The van der Waals surface area contributed by atoms with E-state index >= 15 is 0 Å². The monoisotopic (exact) mass is 573 g/mol. The molecule has 192 valence electrons. The summed E-state index contributed by atoms with van der Waals surface area (Å²) in [6, 6.07) is 19.4. The zero-order valence-electron chi connectivity index (χ0n) is 19.6. The van der Waals surface area contributed by atoms with Crippen molar-refractivity contribution in [3.8, 4) is 0 Å².